The molecule has 3 N–H and O–H groups in total. The molecule has 0 heterocycles. The van der Waals surface area contributed by atoms with E-state index in [2.05, 4.69) is 5.73 Å². The van der Waals surface area contributed by atoms with Crippen molar-refractivity contribution in [1.29, 1.82) is 0 Å². The van der Waals surface area contributed by atoms with Crippen molar-refractivity contribution in [3.8, 4) is 5.75 Å². The summed E-state index contributed by atoms with van der Waals surface area (Å²) in [6, 6.07) is 4.99. The molecule has 66 valence electrons. The molecule has 12 heavy (non-hydrogen) atoms. The molecule has 0 amide bonds. The van der Waals surface area contributed by atoms with Gasteiger partial charge in [-0.25, -0.2) is 4.39 Å². The molecule has 0 bridgehead atoms. The second-order valence-electron chi connectivity index (χ2n) is 2.80. The normalized spacial score (nSPS) is 12.7. The summed E-state index contributed by atoms with van der Waals surface area (Å²) in [5.41, 5.74) is 4.68. The summed E-state index contributed by atoms with van der Waals surface area (Å²) in [6.45, 7) is 1.92. The maximum atomic E-state index is 13.1. The number of hydrogen-bond acceptors (Lipinski definition) is 1. The minimum absolute atomic E-state index is 0.102. The quantitative estimate of drug-likeness (QED) is 0.710. The van der Waals surface area contributed by atoms with Gasteiger partial charge in [0.15, 0.2) is 11.6 Å². The number of quaternary nitrogens is 1. The highest BCUT2D eigenvalue weighted by Gasteiger charge is 2.07. The molecule has 0 unspecified atom stereocenters. The van der Waals surface area contributed by atoms with Crippen LogP contribution in [0, 0.1) is 5.82 Å². The topological polar surface area (TPSA) is 36.9 Å². The third-order valence-electron chi connectivity index (χ3n) is 1.74. The Kier molecular flexibility index (Phi) is 2.65. The molecule has 2 nitrogen and oxygen atoms in total. The molecule has 1 aromatic carbocycles. The summed E-state index contributed by atoms with van der Waals surface area (Å²) in [5, 5.41) is 0. The van der Waals surface area contributed by atoms with Crippen molar-refractivity contribution in [3.05, 3.63) is 29.6 Å². The molecule has 0 aromatic heterocycles. The summed E-state index contributed by atoms with van der Waals surface area (Å²) in [6.07, 6.45) is 0. The molecule has 1 rings (SSSR count). The lowest BCUT2D eigenvalue weighted by Gasteiger charge is -2.05. The van der Waals surface area contributed by atoms with Crippen LogP contribution in [-0.2, 0) is 0 Å². The minimum atomic E-state index is -0.328. The van der Waals surface area contributed by atoms with E-state index in [0.717, 1.165) is 5.56 Å². The number of hydrogen-bond donors (Lipinski definition) is 1. The van der Waals surface area contributed by atoms with Gasteiger partial charge in [0.05, 0.1) is 7.11 Å². The van der Waals surface area contributed by atoms with Gasteiger partial charge in [0.2, 0.25) is 0 Å². The van der Waals surface area contributed by atoms with Crippen molar-refractivity contribution in [2.45, 2.75) is 13.0 Å². The Morgan fingerprint density at radius 2 is 2.17 bits per heavy atom. The molecule has 1 aromatic rings. The lowest BCUT2D eigenvalue weighted by atomic mass is 10.1. The zero-order valence-corrected chi connectivity index (χ0v) is 7.30. The van der Waals surface area contributed by atoms with Gasteiger partial charge in [-0.3, -0.25) is 0 Å². The van der Waals surface area contributed by atoms with Gasteiger partial charge in [0.1, 0.15) is 6.04 Å². The Morgan fingerprint density at radius 1 is 1.50 bits per heavy atom. The molecule has 0 aliphatic heterocycles. The van der Waals surface area contributed by atoms with Gasteiger partial charge in [-0.15, -0.1) is 0 Å². The first-order chi connectivity index (χ1) is 5.65. The first kappa shape index (κ1) is 9.00. The molecule has 0 spiro atoms. The van der Waals surface area contributed by atoms with Crippen molar-refractivity contribution >= 4 is 0 Å². The van der Waals surface area contributed by atoms with Gasteiger partial charge < -0.3 is 10.5 Å². The average molecular weight is 170 g/mol. The third-order valence-corrected chi connectivity index (χ3v) is 1.74. The van der Waals surface area contributed by atoms with Crippen molar-refractivity contribution in [2.24, 2.45) is 0 Å². The molecule has 0 saturated heterocycles. The second kappa shape index (κ2) is 3.54. The standard InChI is InChI=1S/C9H12FNO/c1-6(11)7-3-4-9(12-2)8(10)5-7/h3-6H,11H2,1-2H3/p+1/t6-/m1/s1. The van der Waals surface area contributed by atoms with Crippen LogP contribution >= 0.6 is 0 Å². The van der Waals surface area contributed by atoms with E-state index >= 15 is 0 Å². The van der Waals surface area contributed by atoms with E-state index in [0.29, 0.717) is 0 Å². The zero-order valence-electron chi connectivity index (χ0n) is 7.30. The highest BCUT2D eigenvalue weighted by Crippen LogP contribution is 2.19. The Hall–Kier alpha value is -1.09. The van der Waals surface area contributed by atoms with Crippen LogP contribution in [0.3, 0.4) is 0 Å². The van der Waals surface area contributed by atoms with E-state index in [4.69, 9.17) is 4.74 Å². The monoisotopic (exact) mass is 170 g/mol. The van der Waals surface area contributed by atoms with Crippen molar-refractivity contribution in [3.63, 3.8) is 0 Å². The molecule has 0 radical (unpaired) electrons. The molecule has 0 saturated carbocycles. The fraction of sp³-hybridized carbons (Fsp3) is 0.333. The van der Waals surface area contributed by atoms with Gasteiger partial charge >= 0.3 is 0 Å². The van der Waals surface area contributed by atoms with E-state index in [1.54, 1.807) is 6.07 Å². The van der Waals surface area contributed by atoms with Crippen LogP contribution < -0.4 is 10.5 Å². The van der Waals surface area contributed by atoms with Gasteiger partial charge in [-0.2, -0.15) is 0 Å². The summed E-state index contributed by atoms with van der Waals surface area (Å²) >= 11 is 0. The molecular formula is C9H13FNO+. The van der Waals surface area contributed by atoms with E-state index in [1.165, 1.54) is 13.2 Å². The number of benzene rings is 1. The van der Waals surface area contributed by atoms with Gasteiger partial charge in [-0.1, -0.05) is 0 Å². The summed E-state index contributed by atoms with van der Waals surface area (Å²) in [7, 11) is 1.45. The van der Waals surface area contributed by atoms with Crippen LogP contribution in [0.1, 0.15) is 18.5 Å². The Morgan fingerprint density at radius 3 is 2.58 bits per heavy atom. The maximum Gasteiger partial charge on any atom is 0.165 e. The van der Waals surface area contributed by atoms with Gasteiger partial charge in [-0.05, 0) is 25.1 Å². The Bertz CT molecular complexity index is 273. The lowest BCUT2D eigenvalue weighted by Crippen LogP contribution is -2.51. The number of rotatable bonds is 2. The number of ether oxygens (including phenoxy) is 1. The summed E-state index contributed by atoms with van der Waals surface area (Å²) < 4.78 is 17.8. The largest absolute Gasteiger partial charge is 0.494 e. The van der Waals surface area contributed by atoms with Crippen LogP contribution in [0.25, 0.3) is 0 Å². The highest BCUT2D eigenvalue weighted by molar-refractivity contribution is 5.29. The maximum absolute atomic E-state index is 13.1. The molecule has 1 atom stereocenters. The number of halogens is 1. The second-order valence-corrected chi connectivity index (χ2v) is 2.80. The Labute approximate surface area is 71.1 Å². The van der Waals surface area contributed by atoms with E-state index in [1.807, 2.05) is 13.0 Å². The van der Waals surface area contributed by atoms with Gasteiger partial charge in [0, 0.05) is 5.56 Å². The van der Waals surface area contributed by atoms with Crippen LogP contribution in [0.4, 0.5) is 4.39 Å². The third kappa shape index (κ3) is 1.74. The van der Waals surface area contributed by atoms with Gasteiger partial charge in [0.25, 0.3) is 0 Å². The summed E-state index contributed by atoms with van der Waals surface area (Å²) in [5.74, 6) is -0.0510. The predicted molar refractivity (Wildman–Crippen MR) is 44.3 cm³/mol. The number of methoxy groups -OCH3 is 1. The molecule has 0 aliphatic rings. The summed E-state index contributed by atoms with van der Waals surface area (Å²) in [4.78, 5) is 0. The molecule has 3 heteroatoms. The molecule has 0 fully saturated rings. The first-order valence-electron chi connectivity index (χ1n) is 3.81. The smallest absolute Gasteiger partial charge is 0.165 e. The van der Waals surface area contributed by atoms with Crippen molar-refractivity contribution in [1.82, 2.24) is 0 Å². The van der Waals surface area contributed by atoms with E-state index < -0.39 is 0 Å². The highest BCUT2D eigenvalue weighted by atomic mass is 19.1. The van der Waals surface area contributed by atoms with E-state index in [-0.39, 0.29) is 17.6 Å². The average Bonchev–Trinajstić information content (AvgIpc) is 2.04. The molecule has 0 aliphatic carbocycles. The van der Waals surface area contributed by atoms with E-state index in [9.17, 15) is 4.39 Å². The minimum Gasteiger partial charge on any atom is -0.494 e. The fourth-order valence-corrected chi connectivity index (χ4v) is 0.989. The SMILES string of the molecule is COc1ccc([C@@H](C)[NH3+])cc1F. The first-order valence-corrected chi connectivity index (χ1v) is 3.81. The van der Waals surface area contributed by atoms with Crippen LogP contribution in [0.15, 0.2) is 18.2 Å². The lowest BCUT2D eigenvalue weighted by molar-refractivity contribution is -0.420. The zero-order chi connectivity index (χ0) is 9.14. The van der Waals surface area contributed by atoms with Crippen LogP contribution in [-0.4, -0.2) is 7.11 Å². The van der Waals surface area contributed by atoms with Crippen molar-refractivity contribution in [2.75, 3.05) is 7.11 Å². The van der Waals surface area contributed by atoms with Crippen LogP contribution in [0.5, 0.6) is 5.75 Å². The van der Waals surface area contributed by atoms with Crippen LogP contribution in [0.2, 0.25) is 0 Å². The predicted octanol–water partition coefficient (Wildman–Crippen LogP) is 1.14. The molecular weight excluding hydrogens is 157 g/mol. The Balaban J connectivity index is 3.02. The van der Waals surface area contributed by atoms with Crippen molar-refractivity contribution < 1.29 is 14.9 Å². The fourth-order valence-electron chi connectivity index (χ4n) is 0.989.